The molecule has 1 aromatic heterocycles. The SMILES string of the molecule is CC(C)[C@@H](CO)NC(=O)c1cncnc1. The fourth-order valence-corrected chi connectivity index (χ4v) is 1.09. The summed E-state index contributed by atoms with van der Waals surface area (Å²) < 4.78 is 0. The zero-order valence-electron chi connectivity index (χ0n) is 8.84. The van der Waals surface area contributed by atoms with Crippen LogP contribution in [0.25, 0.3) is 0 Å². The highest BCUT2D eigenvalue weighted by atomic mass is 16.3. The number of hydrogen-bond donors (Lipinski definition) is 2. The van der Waals surface area contributed by atoms with Gasteiger partial charge in [-0.05, 0) is 5.92 Å². The minimum Gasteiger partial charge on any atom is -0.394 e. The number of aliphatic hydroxyl groups excluding tert-OH is 1. The Morgan fingerprint density at radius 3 is 2.53 bits per heavy atom. The first-order valence-corrected chi connectivity index (χ1v) is 4.82. The van der Waals surface area contributed by atoms with E-state index in [1.54, 1.807) is 0 Å². The van der Waals surface area contributed by atoms with Gasteiger partial charge >= 0.3 is 0 Å². The number of rotatable bonds is 4. The third-order valence-corrected chi connectivity index (χ3v) is 2.14. The van der Waals surface area contributed by atoms with E-state index in [1.165, 1.54) is 18.7 Å². The molecule has 2 N–H and O–H groups in total. The van der Waals surface area contributed by atoms with Crippen LogP contribution in [-0.2, 0) is 0 Å². The van der Waals surface area contributed by atoms with Crippen LogP contribution in [0.2, 0.25) is 0 Å². The molecule has 0 aliphatic carbocycles. The molecule has 82 valence electrons. The van der Waals surface area contributed by atoms with Gasteiger partial charge in [-0.3, -0.25) is 4.79 Å². The summed E-state index contributed by atoms with van der Waals surface area (Å²) in [7, 11) is 0. The molecule has 0 unspecified atom stereocenters. The first-order valence-electron chi connectivity index (χ1n) is 4.82. The number of aliphatic hydroxyl groups is 1. The lowest BCUT2D eigenvalue weighted by Crippen LogP contribution is -2.41. The molecule has 0 aromatic carbocycles. The summed E-state index contributed by atoms with van der Waals surface area (Å²) in [6.45, 7) is 3.79. The van der Waals surface area contributed by atoms with Gasteiger partial charge in [0.25, 0.3) is 5.91 Å². The van der Waals surface area contributed by atoms with Crippen LogP contribution in [0, 0.1) is 5.92 Å². The van der Waals surface area contributed by atoms with Gasteiger partial charge < -0.3 is 10.4 Å². The average molecular weight is 209 g/mol. The van der Waals surface area contributed by atoms with Crippen molar-refractivity contribution in [1.82, 2.24) is 15.3 Å². The monoisotopic (exact) mass is 209 g/mol. The molecule has 5 nitrogen and oxygen atoms in total. The second-order valence-electron chi connectivity index (χ2n) is 3.63. The molecule has 1 heterocycles. The molecule has 5 heteroatoms. The maximum atomic E-state index is 11.6. The minimum absolute atomic E-state index is 0.0723. The molecule has 1 rings (SSSR count). The molecular formula is C10H15N3O2. The summed E-state index contributed by atoms with van der Waals surface area (Å²) in [5, 5.41) is 11.8. The Morgan fingerprint density at radius 2 is 2.07 bits per heavy atom. The van der Waals surface area contributed by atoms with Crippen molar-refractivity contribution in [2.45, 2.75) is 19.9 Å². The second-order valence-corrected chi connectivity index (χ2v) is 3.63. The van der Waals surface area contributed by atoms with Crippen LogP contribution in [0.4, 0.5) is 0 Å². The highest BCUT2D eigenvalue weighted by molar-refractivity contribution is 5.93. The van der Waals surface area contributed by atoms with E-state index < -0.39 is 0 Å². The Balaban J connectivity index is 2.63. The van der Waals surface area contributed by atoms with E-state index in [4.69, 9.17) is 5.11 Å². The molecule has 1 atom stereocenters. The Kier molecular flexibility index (Phi) is 4.17. The van der Waals surface area contributed by atoms with Crippen molar-refractivity contribution in [3.05, 3.63) is 24.3 Å². The lowest BCUT2D eigenvalue weighted by molar-refractivity contribution is 0.0896. The Morgan fingerprint density at radius 1 is 1.47 bits per heavy atom. The number of nitrogens with one attached hydrogen (secondary N) is 1. The van der Waals surface area contributed by atoms with E-state index in [-0.39, 0.29) is 24.5 Å². The van der Waals surface area contributed by atoms with Gasteiger partial charge in [0, 0.05) is 12.4 Å². The van der Waals surface area contributed by atoms with Crippen LogP contribution in [0.15, 0.2) is 18.7 Å². The smallest absolute Gasteiger partial charge is 0.254 e. The van der Waals surface area contributed by atoms with Crippen molar-refractivity contribution in [3.8, 4) is 0 Å². The van der Waals surface area contributed by atoms with E-state index in [1.807, 2.05) is 13.8 Å². The maximum absolute atomic E-state index is 11.6. The van der Waals surface area contributed by atoms with Crippen LogP contribution in [-0.4, -0.2) is 33.6 Å². The van der Waals surface area contributed by atoms with E-state index in [0.717, 1.165) is 0 Å². The van der Waals surface area contributed by atoms with Crippen LogP contribution in [0.1, 0.15) is 24.2 Å². The van der Waals surface area contributed by atoms with E-state index >= 15 is 0 Å². The average Bonchev–Trinajstić information content (AvgIpc) is 2.26. The molecule has 0 bridgehead atoms. The number of nitrogens with zero attached hydrogens (tertiary/aromatic N) is 2. The zero-order chi connectivity index (χ0) is 11.3. The maximum Gasteiger partial charge on any atom is 0.254 e. The van der Waals surface area contributed by atoms with Crippen LogP contribution >= 0.6 is 0 Å². The van der Waals surface area contributed by atoms with Gasteiger partial charge in [0.15, 0.2) is 0 Å². The highest BCUT2D eigenvalue weighted by Gasteiger charge is 2.16. The Labute approximate surface area is 88.6 Å². The molecule has 0 radical (unpaired) electrons. The standard InChI is InChI=1S/C10H15N3O2/c1-7(2)9(5-14)13-10(15)8-3-11-6-12-4-8/h3-4,6-7,9,14H,5H2,1-2H3,(H,13,15)/t9-/m1/s1. The normalized spacial score (nSPS) is 12.5. The number of hydrogen-bond acceptors (Lipinski definition) is 4. The first-order chi connectivity index (χ1) is 7.15. The van der Waals surface area contributed by atoms with Crippen LogP contribution < -0.4 is 5.32 Å². The van der Waals surface area contributed by atoms with Gasteiger partial charge in [-0.25, -0.2) is 9.97 Å². The van der Waals surface area contributed by atoms with Gasteiger partial charge in [0.2, 0.25) is 0 Å². The molecule has 1 aromatic rings. The van der Waals surface area contributed by atoms with Crippen molar-refractivity contribution in [2.24, 2.45) is 5.92 Å². The summed E-state index contributed by atoms with van der Waals surface area (Å²) in [5.74, 6) is -0.0769. The molecule has 0 saturated carbocycles. The Bertz CT molecular complexity index is 314. The van der Waals surface area contributed by atoms with Crippen molar-refractivity contribution >= 4 is 5.91 Å². The Hall–Kier alpha value is -1.49. The van der Waals surface area contributed by atoms with E-state index in [2.05, 4.69) is 15.3 Å². The van der Waals surface area contributed by atoms with Gasteiger partial charge in [-0.15, -0.1) is 0 Å². The van der Waals surface area contributed by atoms with Gasteiger partial charge in [-0.1, -0.05) is 13.8 Å². The number of amides is 1. The molecule has 0 aliphatic rings. The fourth-order valence-electron chi connectivity index (χ4n) is 1.09. The third-order valence-electron chi connectivity index (χ3n) is 2.14. The van der Waals surface area contributed by atoms with Gasteiger partial charge in [0.1, 0.15) is 6.33 Å². The third kappa shape index (κ3) is 3.28. The van der Waals surface area contributed by atoms with Gasteiger partial charge in [0.05, 0.1) is 18.2 Å². The molecular weight excluding hydrogens is 194 g/mol. The summed E-state index contributed by atoms with van der Waals surface area (Å²) in [5.41, 5.74) is 0.400. The van der Waals surface area contributed by atoms with E-state index in [9.17, 15) is 4.79 Å². The van der Waals surface area contributed by atoms with Crippen molar-refractivity contribution in [1.29, 1.82) is 0 Å². The summed E-state index contributed by atoms with van der Waals surface area (Å²) in [6.07, 6.45) is 4.25. The second kappa shape index (κ2) is 5.41. The first kappa shape index (κ1) is 11.6. The van der Waals surface area contributed by atoms with Crippen LogP contribution in [0.3, 0.4) is 0 Å². The number of aromatic nitrogens is 2. The number of carbonyl (C=O) groups is 1. The molecule has 0 spiro atoms. The van der Waals surface area contributed by atoms with Crippen molar-refractivity contribution in [3.63, 3.8) is 0 Å². The largest absolute Gasteiger partial charge is 0.394 e. The quantitative estimate of drug-likeness (QED) is 0.744. The fraction of sp³-hybridized carbons (Fsp3) is 0.500. The lowest BCUT2D eigenvalue weighted by Gasteiger charge is -2.19. The topological polar surface area (TPSA) is 75.1 Å². The van der Waals surface area contributed by atoms with Crippen LogP contribution in [0.5, 0.6) is 0 Å². The molecule has 15 heavy (non-hydrogen) atoms. The summed E-state index contributed by atoms with van der Waals surface area (Å²) >= 11 is 0. The summed E-state index contributed by atoms with van der Waals surface area (Å²) in [4.78, 5) is 19.1. The predicted octanol–water partition coefficient (Wildman–Crippen LogP) is 0.223. The molecule has 0 saturated heterocycles. The molecule has 1 amide bonds. The number of carbonyl (C=O) groups excluding carboxylic acids is 1. The highest BCUT2D eigenvalue weighted by Crippen LogP contribution is 2.02. The zero-order valence-corrected chi connectivity index (χ0v) is 8.84. The van der Waals surface area contributed by atoms with Crippen molar-refractivity contribution in [2.75, 3.05) is 6.61 Å². The lowest BCUT2D eigenvalue weighted by atomic mass is 10.1. The minimum atomic E-state index is -0.261. The van der Waals surface area contributed by atoms with Crippen molar-refractivity contribution < 1.29 is 9.90 Å². The summed E-state index contributed by atoms with van der Waals surface area (Å²) in [6, 6.07) is -0.238. The molecule has 0 aliphatic heterocycles. The van der Waals surface area contributed by atoms with E-state index in [0.29, 0.717) is 5.56 Å². The predicted molar refractivity (Wildman–Crippen MR) is 55.2 cm³/mol. The van der Waals surface area contributed by atoms with Gasteiger partial charge in [-0.2, -0.15) is 0 Å². The molecule has 0 fully saturated rings.